The summed E-state index contributed by atoms with van der Waals surface area (Å²) in [5, 5.41) is 7.61. The van der Waals surface area contributed by atoms with Crippen molar-refractivity contribution in [3.05, 3.63) is 44.9 Å². The van der Waals surface area contributed by atoms with Gasteiger partial charge in [0.05, 0.1) is 23.7 Å². The van der Waals surface area contributed by atoms with E-state index >= 15 is 0 Å². The fraction of sp³-hybridized carbons (Fsp3) is 0.421. The lowest BCUT2D eigenvalue weighted by Crippen LogP contribution is -2.52. The SMILES string of the molecule is Cc1csc(CNC(=O)N2CCN(CC(=O)Nc3ccc(Cl)c(C(F)(F)F)c3)CC2)n1. The molecule has 0 aliphatic carbocycles. The standard InChI is InChI=1S/C19H21ClF3N5O2S/c1-12-11-31-17(25-12)9-24-18(30)28-6-4-27(5-7-28)10-16(29)26-13-2-3-15(20)14(8-13)19(21,22)23/h2-3,8,11H,4-7,9-10H2,1H3,(H,24,30)(H,26,29). The molecule has 0 bridgehead atoms. The molecule has 0 unspecified atom stereocenters. The van der Waals surface area contributed by atoms with Crippen LogP contribution in [0, 0.1) is 6.92 Å². The van der Waals surface area contributed by atoms with Crippen molar-refractivity contribution < 1.29 is 22.8 Å². The number of thiazole rings is 1. The molecule has 1 aliphatic heterocycles. The van der Waals surface area contributed by atoms with Gasteiger partial charge >= 0.3 is 12.2 Å². The molecular formula is C19H21ClF3N5O2S. The molecule has 2 N–H and O–H groups in total. The number of carbonyl (C=O) groups excluding carboxylic acids is 2. The molecule has 2 heterocycles. The summed E-state index contributed by atoms with van der Waals surface area (Å²) in [4.78, 5) is 32.3. The van der Waals surface area contributed by atoms with Crippen LogP contribution in [0.2, 0.25) is 5.02 Å². The lowest BCUT2D eigenvalue weighted by atomic mass is 10.2. The summed E-state index contributed by atoms with van der Waals surface area (Å²) in [6, 6.07) is 3.04. The third-order valence-corrected chi connectivity index (χ3v) is 5.94. The minimum atomic E-state index is -4.60. The van der Waals surface area contributed by atoms with E-state index in [1.807, 2.05) is 17.2 Å². The van der Waals surface area contributed by atoms with Crippen LogP contribution in [-0.4, -0.2) is 59.4 Å². The maximum atomic E-state index is 12.9. The van der Waals surface area contributed by atoms with E-state index in [2.05, 4.69) is 15.6 Å². The minimum absolute atomic E-state index is 0.0117. The van der Waals surface area contributed by atoms with Gasteiger partial charge in [-0.3, -0.25) is 9.69 Å². The Balaban J connectivity index is 1.44. The Morgan fingerprint density at radius 1 is 1.23 bits per heavy atom. The summed E-state index contributed by atoms with van der Waals surface area (Å²) in [6.07, 6.45) is -4.60. The molecule has 0 saturated carbocycles. The number of amides is 3. The summed E-state index contributed by atoms with van der Waals surface area (Å²) in [7, 11) is 0. The summed E-state index contributed by atoms with van der Waals surface area (Å²) in [5.41, 5.74) is -0.0639. The van der Waals surface area contributed by atoms with Crippen molar-refractivity contribution in [3.8, 4) is 0 Å². The third kappa shape index (κ3) is 6.55. The fourth-order valence-corrected chi connectivity index (χ4v) is 4.02. The van der Waals surface area contributed by atoms with Crippen LogP contribution in [0.15, 0.2) is 23.6 Å². The van der Waals surface area contributed by atoms with E-state index in [9.17, 15) is 22.8 Å². The zero-order valence-electron chi connectivity index (χ0n) is 16.6. The number of aromatic nitrogens is 1. The van der Waals surface area contributed by atoms with E-state index in [-0.39, 0.29) is 18.3 Å². The number of nitrogens with one attached hydrogen (secondary N) is 2. The first-order valence-corrected chi connectivity index (χ1v) is 10.7. The van der Waals surface area contributed by atoms with Gasteiger partial charge < -0.3 is 15.5 Å². The topological polar surface area (TPSA) is 77.6 Å². The maximum absolute atomic E-state index is 12.9. The molecule has 1 aromatic carbocycles. The number of halogens is 4. The second-order valence-electron chi connectivity index (χ2n) is 7.05. The molecule has 1 fully saturated rings. The van der Waals surface area contributed by atoms with Crippen LogP contribution in [0.5, 0.6) is 0 Å². The van der Waals surface area contributed by atoms with Gasteiger partial charge in [-0.25, -0.2) is 9.78 Å². The fourth-order valence-electron chi connectivity index (χ4n) is 3.08. The second kappa shape index (κ2) is 9.84. The molecule has 3 rings (SSSR count). The number of hydrogen-bond donors (Lipinski definition) is 2. The molecule has 1 aliphatic rings. The number of carbonyl (C=O) groups is 2. The Labute approximate surface area is 186 Å². The molecule has 12 heteroatoms. The van der Waals surface area contributed by atoms with E-state index in [0.29, 0.717) is 32.7 Å². The normalized spacial score (nSPS) is 15.1. The highest BCUT2D eigenvalue weighted by atomic mass is 35.5. The number of benzene rings is 1. The number of anilines is 1. The molecule has 0 spiro atoms. The van der Waals surface area contributed by atoms with Gasteiger partial charge in [0.1, 0.15) is 5.01 Å². The summed E-state index contributed by atoms with van der Waals surface area (Å²) in [5.74, 6) is -0.438. The first kappa shape index (κ1) is 23.3. The number of alkyl halides is 3. The van der Waals surface area contributed by atoms with Gasteiger partial charge in [0, 0.05) is 42.9 Å². The van der Waals surface area contributed by atoms with E-state index in [4.69, 9.17) is 11.6 Å². The van der Waals surface area contributed by atoms with E-state index in [1.54, 1.807) is 4.90 Å². The predicted molar refractivity (Wildman–Crippen MR) is 112 cm³/mol. The third-order valence-electron chi connectivity index (χ3n) is 4.64. The Morgan fingerprint density at radius 2 is 1.94 bits per heavy atom. The van der Waals surface area contributed by atoms with Crippen molar-refractivity contribution in [3.63, 3.8) is 0 Å². The number of aryl methyl sites for hydroxylation is 1. The molecule has 1 saturated heterocycles. The number of piperazine rings is 1. The smallest absolute Gasteiger partial charge is 0.331 e. The maximum Gasteiger partial charge on any atom is 0.417 e. The van der Waals surface area contributed by atoms with Crippen LogP contribution in [0.25, 0.3) is 0 Å². The van der Waals surface area contributed by atoms with Gasteiger partial charge in [-0.05, 0) is 25.1 Å². The molecule has 2 aromatic rings. The second-order valence-corrected chi connectivity index (χ2v) is 8.39. The van der Waals surface area contributed by atoms with E-state index in [1.165, 1.54) is 17.4 Å². The zero-order chi connectivity index (χ0) is 22.6. The van der Waals surface area contributed by atoms with Crippen molar-refractivity contribution in [2.45, 2.75) is 19.6 Å². The Morgan fingerprint density at radius 3 is 2.55 bits per heavy atom. The van der Waals surface area contributed by atoms with Crippen LogP contribution in [0.3, 0.4) is 0 Å². The molecule has 0 radical (unpaired) electrons. The first-order chi connectivity index (χ1) is 14.6. The van der Waals surface area contributed by atoms with Crippen molar-refractivity contribution in [2.75, 3.05) is 38.0 Å². The molecular weight excluding hydrogens is 455 g/mol. The van der Waals surface area contributed by atoms with Gasteiger partial charge in [-0.15, -0.1) is 11.3 Å². The van der Waals surface area contributed by atoms with Crippen molar-refractivity contribution in [1.29, 1.82) is 0 Å². The molecule has 1 aromatic heterocycles. The van der Waals surface area contributed by atoms with Gasteiger partial charge in [-0.1, -0.05) is 11.6 Å². The highest BCUT2D eigenvalue weighted by molar-refractivity contribution is 7.09. The number of hydrogen-bond acceptors (Lipinski definition) is 5. The van der Waals surface area contributed by atoms with Crippen molar-refractivity contribution in [2.24, 2.45) is 0 Å². The van der Waals surface area contributed by atoms with Crippen LogP contribution >= 0.6 is 22.9 Å². The number of nitrogens with zero attached hydrogens (tertiary/aromatic N) is 3. The molecule has 168 valence electrons. The van der Waals surface area contributed by atoms with Gasteiger partial charge in [0.25, 0.3) is 0 Å². The highest BCUT2D eigenvalue weighted by Gasteiger charge is 2.33. The average molecular weight is 476 g/mol. The van der Waals surface area contributed by atoms with Crippen LogP contribution < -0.4 is 10.6 Å². The highest BCUT2D eigenvalue weighted by Crippen LogP contribution is 2.36. The zero-order valence-corrected chi connectivity index (χ0v) is 18.2. The first-order valence-electron chi connectivity index (χ1n) is 9.44. The van der Waals surface area contributed by atoms with Crippen LogP contribution in [0.4, 0.5) is 23.7 Å². The van der Waals surface area contributed by atoms with E-state index < -0.39 is 22.7 Å². The van der Waals surface area contributed by atoms with Crippen molar-refractivity contribution >= 4 is 40.6 Å². The minimum Gasteiger partial charge on any atom is -0.331 e. The summed E-state index contributed by atoms with van der Waals surface area (Å²) < 4.78 is 38.8. The predicted octanol–water partition coefficient (Wildman–Crippen LogP) is 3.59. The average Bonchev–Trinajstić information content (AvgIpc) is 3.12. The Hall–Kier alpha value is -2.37. The monoisotopic (exact) mass is 475 g/mol. The van der Waals surface area contributed by atoms with Crippen LogP contribution in [0.1, 0.15) is 16.3 Å². The molecule has 3 amide bonds. The van der Waals surface area contributed by atoms with Crippen LogP contribution in [-0.2, 0) is 17.5 Å². The van der Waals surface area contributed by atoms with E-state index in [0.717, 1.165) is 22.8 Å². The summed E-state index contributed by atoms with van der Waals surface area (Å²) >= 11 is 7.07. The largest absolute Gasteiger partial charge is 0.417 e. The molecule has 7 nitrogen and oxygen atoms in total. The number of rotatable bonds is 5. The molecule has 0 atom stereocenters. The number of urea groups is 1. The molecule has 31 heavy (non-hydrogen) atoms. The lowest BCUT2D eigenvalue weighted by Gasteiger charge is -2.34. The summed E-state index contributed by atoms with van der Waals surface area (Å²) in [6.45, 7) is 4.10. The quantitative estimate of drug-likeness (QED) is 0.693. The van der Waals surface area contributed by atoms with Gasteiger partial charge in [-0.2, -0.15) is 13.2 Å². The van der Waals surface area contributed by atoms with Gasteiger partial charge in [0.2, 0.25) is 5.91 Å². The lowest BCUT2D eigenvalue weighted by molar-refractivity contribution is -0.137. The Bertz CT molecular complexity index is 945. The van der Waals surface area contributed by atoms with Gasteiger partial charge in [0.15, 0.2) is 0 Å². The van der Waals surface area contributed by atoms with Crippen molar-refractivity contribution in [1.82, 2.24) is 20.1 Å². The Kier molecular flexibility index (Phi) is 7.39.